The number of fused-ring (bicyclic) bond motifs is 1. The van der Waals surface area contributed by atoms with Crippen molar-refractivity contribution < 1.29 is 4.79 Å². The van der Waals surface area contributed by atoms with E-state index in [-0.39, 0.29) is 5.91 Å². The molecule has 0 aromatic carbocycles. The van der Waals surface area contributed by atoms with E-state index in [1.165, 1.54) is 0 Å². The number of aromatic nitrogens is 2. The molecule has 3 rings (SSSR count). The van der Waals surface area contributed by atoms with Crippen molar-refractivity contribution in [3.05, 3.63) is 29.0 Å². The number of anilines is 1. The zero-order valence-electron chi connectivity index (χ0n) is 13.1. The molecule has 6 nitrogen and oxygen atoms in total. The molecule has 1 fully saturated rings. The van der Waals surface area contributed by atoms with Crippen LogP contribution >= 0.6 is 15.9 Å². The Balaban J connectivity index is 1.64. The Morgan fingerprint density at radius 1 is 1.39 bits per heavy atom. The van der Waals surface area contributed by atoms with Gasteiger partial charge < -0.3 is 10.6 Å². The Kier molecular flexibility index (Phi) is 5.07. The van der Waals surface area contributed by atoms with Gasteiger partial charge in [0.05, 0.1) is 17.7 Å². The lowest BCUT2D eigenvalue weighted by Crippen LogP contribution is -2.43. The van der Waals surface area contributed by atoms with E-state index in [1.54, 1.807) is 19.4 Å². The van der Waals surface area contributed by atoms with E-state index in [0.717, 1.165) is 47.1 Å². The minimum Gasteiger partial charge on any atom is -0.380 e. The second-order valence-electron chi connectivity index (χ2n) is 5.75. The van der Waals surface area contributed by atoms with Crippen LogP contribution in [0.4, 0.5) is 5.69 Å². The van der Waals surface area contributed by atoms with E-state index in [2.05, 4.69) is 41.4 Å². The molecule has 2 aromatic rings. The summed E-state index contributed by atoms with van der Waals surface area (Å²) in [4.78, 5) is 22.5. The first kappa shape index (κ1) is 16.1. The molecule has 2 aromatic heterocycles. The Hall–Kier alpha value is -1.73. The van der Waals surface area contributed by atoms with Crippen molar-refractivity contribution in [1.82, 2.24) is 20.2 Å². The molecule has 2 N–H and O–H groups in total. The maximum atomic E-state index is 11.4. The molecule has 7 heteroatoms. The van der Waals surface area contributed by atoms with Crippen molar-refractivity contribution in [3.63, 3.8) is 0 Å². The van der Waals surface area contributed by atoms with E-state index < -0.39 is 0 Å². The lowest BCUT2D eigenvalue weighted by molar-refractivity contribution is -0.122. The second kappa shape index (κ2) is 7.23. The van der Waals surface area contributed by atoms with Crippen LogP contribution in [-0.4, -0.2) is 53.5 Å². The van der Waals surface area contributed by atoms with Crippen molar-refractivity contribution in [1.29, 1.82) is 0 Å². The van der Waals surface area contributed by atoms with Gasteiger partial charge in [-0.25, -0.2) is 0 Å². The van der Waals surface area contributed by atoms with Gasteiger partial charge in [-0.15, -0.1) is 0 Å². The zero-order valence-corrected chi connectivity index (χ0v) is 14.6. The van der Waals surface area contributed by atoms with Crippen LogP contribution in [0.15, 0.2) is 29.0 Å². The minimum atomic E-state index is 0.0753. The molecule has 1 amide bonds. The minimum absolute atomic E-state index is 0.0753. The molecule has 122 valence electrons. The van der Waals surface area contributed by atoms with Gasteiger partial charge in [-0.1, -0.05) is 0 Å². The summed E-state index contributed by atoms with van der Waals surface area (Å²) in [6.07, 6.45) is 5.62. The van der Waals surface area contributed by atoms with Gasteiger partial charge in [0.1, 0.15) is 5.52 Å². The molecule has 0 bridgehead atoms. The fraction of sp³-hybridized carbons (Fsp3) is 0.438. The SMILES string of the molecule is CNC(=O)CN1CCC(Nc2ccnc3cc(Br)cnc23)CC1. The molecule has 1 aliphatic heterocycles. The molecule has 23 heavy (non-hydrogen) atoms. The van der Waals surface area contributed by atoms with Crippen LogP contribution < -0.4 is 10.6 Å². The van der Waals surface area contributed by atoms with Crippen molar-refractivity contribution in [2.45, 2.75) is 18.9 Å². The zero-order chi connectivity index (χ0) is 16.2. The monoisotopic (exact) mass is 377 g/mol. The number of hydrogen-bond acceptors (Lipinski definition) is 5. The van der Waals surface area contributed by atoms with Gasteiger partial charge in [0.25, 0.3) is 0 Å². The molecule has 3 heterocycles. The maximum Gasteiger partial charge on any atom is 0.233 e. The summed E-state index contributed by atoms with van der Waals surface area (Å²) in [5, 5.41) is 6.26. The number of likely N-dealkylation sites (N-methyl/N-ethyl adjacent to an activating group) is 1. The molecule has 0 aliphatic carbocycles. The van der Waals surface area contributed by atoms with E-state index >= 15 is 0 Å². The Bertz CT molecular complexity index is 700. The highest BCUT2D eigenvalue weighted by Crippen LogP contribution is 2.24. The van der Waals surface area contributed by atoms with Gasteiger partial charge in [0.2, 0.25) is 5.91 Å². The summed E-state index contributed by atoms with van der Waals surface area (Å²) < 4.78 is 0.928. The van der Waals surface area contributed by atoms with Crippen molar-refractivity contribution in [2.75, 3.05) is 32.0 Å². The predicted octanol–water partition coefficient (Wildman–Crippen LogP) is 2.01. The number of piperidine rings is 1. The van der Waals surface area contributed by atoms with Crippen LogP contribution in [0.25, 0.3) is 11.0 Å². The number of amides is 1. The molecular formula is C16H20BrN5O. The number of rotatable bonds is 4. The Morgan fingerprint density at radius 3 is 2.91 bits per heavy atom. The average Bonchev–Trinajstić information content (AvgIpc) is 2.56. The van der Waals surface area contributed by atoms with Gasteiger partial charge in [-0.05, 0) is 40.9 Å². The van der Waals surface area contributed by atoms with Gasteiger partial charge in [0, 0.05) is 43.0 Å². The molecule has 0 atom stereocenters. The number of likely N-dealkylation sites (tertiary alicyclic amines) is 1. The number of carbonyl (C=O) groups excluding carboxylic acids is 1. The van der Waals surface area contributed by atoms with Crippen molar-refractivity contribution >= 4 is 38.6 Å². The number of nitrogens with one attached hydrogen (secondary N) is 2. The first-order valence-electron chi connectivity index (χ1n) is 7.75. The number of pyridine rings is 2. The molecule has 1 aliphatic rings. The van der Waals surface area contributed by atoms with Gasteiger partial charge in [-0.2, -0.15) is 0 Å². The molecule has 0 spiro atoms. The molecule has 0 unspecified atom stereocenters. The lowest BCUT2D eigenvalue weighted by Gasteiger charge is -2.32. The molecular weight excluding hydrogens is 358 g/mol. The van der Waals surface area contributed by atoms with Crippen LogP contribution in [0.1, 0.15) is 12.8 Å². The number of halogens is 1. The third kappa shape index (κ3) is 3.97. The Morgan fingerprint density at radius 2 is 2.17 bits per heavy atom. The molecule has 1 saturated heterocycles. The average molecular weight is 378 g/mol. The summed E-state index contributed by atoms with van der Waals surface area (Å²) in [7, 11) is 1.68. The van der Waals surface area contributed by atoms with Crippen molar-refractivity contribution in [3.8, 4) is 0 Å². The third-order valence-corrected chi connectivity index (χ3v) is 4.57. The maximum absolute atomic E-state index is 11.4. The predicted molar refractivity (Wildman–Crippen MR) is 94.4 cm³/mol. The highest BCUT2D eigenvalue weighted by Gasteiger charge is 2.21. The van der Waals surface area contributed by atoms with E-state index in [4.69, 9.17) is 0 Å². The number of carbonyl (C=O) groups is 1. The summed E-state index contributed by atoms with van der Waals surface area (Å²) in [6.45, 7) is 2.33. The van der Waals surface area contributed by atoms with Crippen LogP contribution in [0.2, 0.25) is 0 Å². The largest absolute Gasteiger partial charge is 0.380 e. The number of hydrogen-bond donors (Lipinski definition) is 2. The highest BCUT2D eigenvalue weighted by molar-refractivity contribution is 9.10. The quantitative estimate of drug-likeness (QED) is 0.852. The van der Waals surface area contributed by atoms with E-state index in [9.17, 15) is 4.79 Å². The topological polar surface area (TPSA) is 70.2 Å². The standard InChI is InChI=1S/C16H20BrN5O/c1-18-15(23)10-22-6-3-12(4-7-22)21-13-2-5-19-14-8-11(17)9-20-16(13)14/h2,5,8-9,12H,3-4,6-7,10H2,1H3,(H,18,23)(H,19,21). The van der Waals surface area contributed by atoms with Crippen molar-refractivity contribution in [2.24, 2.45) is 0 Å². The van der Waals surface area contributed by atoms with Crippen LogP contribution in [0.5, 0.6) is 0 Å². The fourth-order valence-electron chi connectivity index (χ4n) is 2.86. The van der Waals surface area contributed by atoms with Gasteiger partial charge in [0.15, 0.2) is 0 Å². The summed E-state index contributed by atoms with van der Waals surface area (Å²) in [5.41, 5.74) is 2.79. The third-order valence-electron chi connectivity index (χ3n) is 4.14. The smallest absolute Gasteiger partial charge is 0.233 e. The summed E-state index contributed by atoms with van der Waals surface area (Å²) in [6, 6.07) is 4.34. The highest BCUT2D eigenvalue weighted by atomic mass is 79.9. The first-order valence-corrected chi connectivity index (χ1v) is 8.55. The van der Waals surface area contributed by atoms with Crippen LogP contribution in [0.3, 0.4) is 0 Å². The van der Waals surface area contributed by atoms with E-state index in [1.807, 2.05) is 12.1 Å². The Labute approximate surface area is 143 Å². The summed E-state index contributed by atoms with van der Waals surface area (Å²) in [5.74, 6) is 0.0753. The normalized spacial score (nSPS) is 16.4. The van der Waals surface area contributed by atoms with Crippen LogP contribution in [0, 0.1) is 0 Å². The van der Waals surface area contributed by atoms with E-state index in [0.29, 0.717) is 12.6 Å². The summed E-state index contributed by atoms with van der Waals surface area (Å²) >= 11 is 3.43. The van der Waals surface area contributed by atoms with Gasteiger partial charge >= 0.3 is 0 Å². The van der Waals surface area contributed by atoms with Gasteiger partial charge in [-0.3, -0.25) is 19.7 Å². The molecule has 0 radical (unpaired) electrons. The molecule has 0 saturated carbocycles. The van der Waals surface area contributed by atoms with Crippen LogP contribution in [-0.2, 0) is 4.79 Å². The fourth-order valence-corrected chi connectivity index (χ4v) is 3.18. The lowest BCUT2D eigenvalue weighted by atomic mass is 10.0. The second-order valence-corrected chi connectivity index (χ2v) is 6.66. The number of nitrogens with zero attached hydrogens (tertiary/aromatic N) is 3. The first-order chi connectivity index (χ1) is 11.2.